The maximum atomic E-state index is 12.8. The van der Waals surface area contributed by atoms with Gasteiger partial charge in [0.1, 0.15) is 11.9 Å². The number of benzene rings is 1. The molecule has 0 saturated carbocycles. The van der Waals surface area contributed by atoms with E-state index in [9.17, 15) is 10.1 Å². The summed E-state index contributed by atoms with van der Waals surface area (Å²) < 4.78 is 0. The van der Waals surface area contributed by atoms with Crippen LogP contribution in [0.2, 0.25) is 0 Å². The van der Waals surface area contributed by atoms with Crippen LogP contribution in [0.3, 0.4) is 0 Å². The maximum absolute atomic E-state index is 12.8. The number of rotatable bonds is 4. The quantitative estimate of drug-likeness (QED) is 0.687. The molecule has 2 aromatic heterocycles. The molecule has 1 amide bonds. The summed E-state index contributed by atoms with van der Waals surface area (Å²) in [6, 6.07) is 14.6. The second kappa shape index (κ2) is 8.02. The zero-order valence-electron chi connectivity index (χ0n) is 16.9. The molecule has 0 aliphatic heterocycles. The predicted octanol–water partition coefficient (Wildman–Crippen LogP) is 3.96. The highest BCUT2D eigenvalue weighted by Gasteiger charge is 2.22. The Hall–Kier alpha value is -4.23. The fraction of sp³-hybridized carbons (Fsp3) is 0.174. The number of carbonyl (C=O) groups is 1. The lowest BCUT2D eigenvalue weighted by Gasteiger charge is -2.15. The Morgan fingerprint density at radius 2 is 1.87 bits per heavy atom. The lowest BCUT2D eigenvalue weighted by Crippen LogP contribution is -2.18. The summed E-state index contributed by atoms with van der Waals surface area (Å²) in [5.41, 5.74) is 9.44. The molecule has 0 aliphatic carbocycles. The second-order valence-corrected chi connectivity index (χ2v) is 7.42. The van der Waals surface area contributed by atoms with Crippen LogP contribution in [0.15, 0.2) is 48.8 Å². The second-order valence-electron chi connectivity index (χ2n) is 7.42. The third-order valence-corrected chi connectivity index (χ3v) is 4.78. The number of anilines is 2. The first-order valence-electron chi connectivity index (χ1n) is 9.21. The van der Waals surface area contributed by atoms with Crippen LogP contribution in [0.4, 0.5) is 11.5 Å². The lowest BCUT2D eigenvalue weighted by atomic mass is 9.90. The molecule has 148 valence electrons. The van der Waals surface area contributed by atoms with Crippen LogP contribution in [0.25, 0.3) is 11.1 Å². The number of nitriles is 2. The number of nitrogen functional groups attached to an aromatic ring is 1. The molecule has 2 heterocycles. The molecule has 0 aliphatic rings. The van der Waals surface area contributed by atoms with Gasteiger partial charge in [-0.25, -0.2) is 4.98 Å². The van der Waals surface area contributed by atoms with Crippen molar-refractivity contribution in [1.29, 1.82) is 10.5 Å². The number of pyridine rings is 2. The molecule has 0 radical (unpaired) electrons. The first kappa shape index (κ1) is 20.5. The Kier molecular flexibility index (Phi) is 5.48. The molecule has 30 heavy (non-hydrogen) atoms. The molecular weight excluding hydrogens is 376 g/mol. The van der Waals surface area contributed by atoms with E-state index < -0.39 is 5.41 Å². The number of aryl methyl sites for hydroxylation is 1. The van der Waals surface area contributed by atoms with Gasteiger partial charge >= 0.3 is 0 Å². The van der Waals surface area contributed by atoms with E-state index in [2.05, 4.69) is 27.4 Å². The Labute approximate surface area is 174 Å². The lowest BCUT2D eigenvalue weighted by molar-refractivity contribution is 0.102. The molecule has 0 bridgehead atoms. The van der Waals surface area contributed by atoms with Gasteiger partial charge in [0, 0.05) is 29.2 Å². The standard InChI is InChI=1S/C23H20N6O/c1-14-4-5-17(10-18(14)19-8-15(11-24)12-28-21(19)26)29-22(30)16-6-7-27-20(9-16)23(2,3)13-25/h4-10,12H,1-3H3,(H2,26,28)(H,29,30). The first-order chi connectivity index (χ1) is 14.2. The van der Waals surface area contributed by atoms with Gasteiger partial charge in [-0.05, 0) is 62.2 Å². The van der Waals surface area contributed by atoms with E-state index in [1.165, 1.54) is 12.4 Å². The molecule has 0 spiro atoms. The smallest absolute Gasteiger partial charge is 0.255 e. The number of hydrogen-bond acceptors (Lipinski definition) is 6. The number of nitrogens with one attached hydrogen (secondary N) is 1. The highest BCUT2D eigenvalue weighted by molar-refractivity contribution is 6.04. The third-order valence-electron chi connectivity index (χ3n) is 4.78. The average Bonchev–Trinajstić information content (AvgIpc) is 2.75. The van der Waals surface area contributed by atoms with E-state index in [0.717, 1.165) is 11.1 Å². The van der Waals surface area contributed by atoms with Gasteiger partial charge in [0.15, 0.2) is 0 Å². The molecule has 0 saturated heterocycles. The average molecular weight is 396 g/mol. The molecule has 7 heteroatoms. The number of carbonyl (C=O) groups excluding carboxylic acids is 1. The van der Waals surface area contributed by atoms with Crippen molar-refractivity contribution in [3.8, 4) is 23.3 Å². The molecule has 3 N–H and O–H groups in total. The highest BCUT2D eigenvalue weighted by Crippen LogP contribution is 2.31. The number of hydrogen-bond donors (Lipinski definition) is 2. The molecule has 1 aromatic carbocycles. The zero-order chi connectivity index (χ0) is 21.9. The van der Waals surface area contributed by atoms with Crippen molar-refractivity contribution in [3.05, 3.63) is 71.2 Å². The number of amides is 1. The van der Waals surface area contributed by atoms with Crippen LogP contribution >= 0.6 is 0 Å². The Bertz CT molecular complexity index is 1220. The van der Waals surface area contributed by atoms with Crippen molar-refractivity contribution >= 4 is 17.4 Å². The van der Waals surface area contributed by atoms with Gasteiger partial charge in [-0.1, -0.05) is 6.07 Å². The maximum Gasteiger partial charge on any atom is 0.255 e. The highest BCUT2D eigenvalue weighted by atomic mass is 16.1. The van der Waals surface area contributed by atoms with Crippen LogP contribution in [0, 0.1) is 29.6 Å². The van der Waals surface area contributed by atoms with E-state index >= 15 is 0 Å². The van der Waals surface area contributed by atoms with Gasteiger partial charge in [0.25, 0.3) is 5.91 Å². The van der Waals surface area contributed by atoms with Gasteiger partial charge in [-0.3, -0.25) is 9.78 Å². The molecule has 3 rings (SSSR count). The van der Waals surface area contributed by atoms with E-state index in [1.54, 1.807) is 44.2 Å². The van der Waals surface area contributed by atoms with Crippen LogP contribution in [-0.2, 0) is 5.41 Å². The summed E-state index contributed by atoms with van der Waals surface area (Å²) >= 11 is 0. The Morgan fingerprint density at radius 1 is 1.10 bits per heavy atom. The molecule has 0 atom stereocenters. The van der Waals surface area contributed by atoms with Gasteiger partial charge < -0.3 is 11.1 Å². The molecule has 0 fully saturated rings. The van der Waals surface area contributed by atoms with Crippen molar-refractivity contribution in [2.75, 3.05) is 11.1 Å². The van der Waals surface area contributed by atoms with Gasteiger partial charge in [-0.2, -0.15) is 10.5 Å². The van der Waals surface area contributed by atoms with Gasteiger partial charge in [0.05, 0.1) is 22.7 Å². The minimum absolute atomic E-state index is 0.304. The zero-order valence-corrected chi connectivity index (χ0v) is 16.9. The largest absolute Gasteiger partial charge is 0.383 e. The first-order valence-corrected chi connectivity index (χ1v) is 9.21. The van der Waals surface area contributed by atoms with Gasteiger partial charge in [0.2, 0.25) is 0 Å². The van der Waals surface area contributed by atoms with E-state index in [4.69, 9.17) is 11.0 Å². The number of nitrogens with two attached hydrogens (primary N) is 1. The number of nitrogens with zero attached hydrogens (tertiary/aromatic N) is 4. The summed E-state index contributed by atoms with van der Waals surface area (Å²) in [4.78, 5) is 21.1. The SMILES string of the molecule is Cc1ccc(NC(=O)c2ccnc(C(C)(C)C#N)c2)cc1-c1cc(C#N)cnc1N. The van der Waals surface area contributed by atoms with Crippen molar-refractivity contribution in [3.63, 3.8) is 0 Å². The Balaban J connectivity index is 1.94. The fourth-order valence-corrected chi connectivity index (χ4v) is 2.92. The Morgan fingerprint density at radius 3 is 2.57 bits per heavy atom. The molecule has 7 nitrogen and oxygen atoms in total. The summed E-state index contributed by atoms with van der Waals surface area (Å²) in [5.74, 6) is -0.0165. The molecular formula is C23H20N6O. The summed E-state index contributed by atoms with van der Waals surface area (Å²) in [7, 11) is 0. The number of aromatic nitrogens is 2. The van der Waals surface area contributed by atoms with Crippen LogP contribution < -0.4 is 11.1 Å². The molecule has 3 aromatic rings. The monoisotopic (exact) mass is 396 g/mol. The van der Waals surface area contributed by atoms with Crippen LogP contribution in [0.5, 0.6) is 0 Å². The normalized spacial score (nSPS) is 10.7. The predicted molar refractivity (Wildman–Crippen MR) is 114 cm³/mol. The van der Waals surface area contributed by atoms with Crippen molar-refractivity contribution in [2.24, 2.45) is 0 Å². The van der Waals surface area contributed by atoms with E-state index in [-0.39, 0.29) is 5.91 Å². The van der Waals surface area contributed by atoms with Crippen LogP contribution in [-0.4, -0.2) is 15.9 Å². The topological polar surface area (TPSA) is 128 Å². The van der Waals surface area contributed by atoms with Crippen LogP contribution in [0.1, 0.15) is 41.0 Å². The molecule has 0 unspecified atom stereocenters. The fourth-order valence-electron chi connectivity index (χ4n) is 2.92. The van der Waals surface area contributed by atoms with Gasteiger partial charge in [-0.15, -0.1) is 0 Å². The third kappa shape index (κ3) is 4.11. The van der Waals surface area contributed by atoms with Crippen molar-refractivity contribution in [1.82, 2.24) is 9.97 Å². The summed E-state index contributed by atoms with van der Waals surface area (Å²) in [6.45, 7) is 5.41. The summed E-state index contributed by atoms with van der Waals surface area (Å²) in [5, 5.41) is 21.3. The van der Waals surface area contributed by atoms with E-state index in [1.807, 2.05) is 13.0 Å². The van der Waals surface area contributed by atoms with E-state index in [0.29, 0.717) is 33.9 Å². The van der Waals surface area contributed by atoms with Crippen molar-refractivity contribution < 1.29 is 4.79 Å². The minimum Gasteiger partial charge on any atom is -0.383 e. The minimum atomic E-state index is -0.802. The van der Waals surface area contributed by atoms with Crippen molar-refractivity contribution in [2.45, 2.75) is 26.2 Å². The summed E-state index contributed by atoms with van der Waals surface area (Å²) in [6.07, 6.45) is 2.94.